The zero-order valence-corrected chi connectivity index (χ0v) is 17.2. The molecular weight excluding hydrogens is 393 g/mol. The molecule has 0 amide bonds. The second kappa shape index (κ2) is 8.81. The summed E-state index contributed by atoms with van der Waals surface area (Å²) in [5, 5.41) is 0. The third-order valence-electron chi connectivity index (χ3n) is 5.63. The molecule has 31 heavy (non-hydrogen) atoms. The van der Waals surface area contributed by atoms with Gasteiger partial charge in [-0.1, -0.05) is 36.4 Å². The summed E-state index contributed by atoms with van der Waals surface area (Å²) in [6.07, 6.45) is 8.30. The quantitative estimate of drug-likeness (QED) is 0.495. The average Bonchev–Trinajstić information content (AvgIpc) is 3.42. The minimum Gasteiger partial charge on any atom is -0.378 e. The fraction of sp³-hybridized carbons (Fsp3) is 0.292. The van der Waals surface area contributed by atoms with Crippen LogP contribution in [0.5, 0.6) is 0 Å². The zero-order valence-electron chi connectivity index (χ0n) is 17.2. The standard InChI is InChI=1S/C18H18FN5O.C6H6/c19-14-8-17-22-15-2-1-3-16(15)24(17)11-13(14)12-9-20-18(21-10-12)23-4-6-25-7-5-23;1-2-4-6-5-3-1/h8-11H,1-7H2;1-6H. The molecule has 0 N–H and O–H groups in total. The highest BCUT2D eigenvalue weighted by molar-refractivity contribution is 5.65. The molecule has 1 aliphatic heterocycles. The Balaban J connectivity index is 0.000000296. The number of ether oxygens (including phenoxy) is 1. The van der Waals surface area contributed by atoms with Gasteiger partial charge in [0, 0.05) is 54.6 Å². The van der Waals surface area contributed by atoms with E-state index in [2.05, 4.69) is 19.9 Å². The summed E-state index contributed by atoms with van der Waals surface area (Å²) in [6, 6.07) is 13.5. The van der Waals surface area contributed by atoms with Crippen LogP contribution < -0.4 is 4.90 Å². The SMILES string of the molecule is Fc1cc2nc3c(n2cc1-c1cnc(N2CCOCC2)nc1)CCC3.c1ccccc1. The van der Waals surface area contributed by atoms with Gasteiger partial charge in [0.1, 0.15) is 11.5 Å². The number of anilines is 1. The number of hydrogen-bond donors (Lipinski definition) is 0. The first-order valence-electron chi connectivity index (χ1n) is 10.6. The van der Waals surface area contributed by atoms with E-state index in [4.69, 9.17) is 4.74 Å². The van der Waals surface area contributed by atoms with E-state index in [1.165, 1.54) is 11.8 Å². The van der Waals surface area contributed by atoms with Crippen molar-refractivity contribution in [1.29, 1.82) is 0 Å². The molecule has 0 unspecified atom stereocenters. The Morgan fingerprint density at radius 1 is 0.903 bits per heavy atom. The first-order valence-corrected chi connectivity index (χ1v) is 10.6. The van der Waals surface area contributed by atoms with Crippen LogP contribution in [0, 0.1) is 5.82 Å². The topological polar surface area (TPSA) is 55.5 Å². The van der Waals surface area contributed by atoms with E-state index in [1.54, 1.807) is 12.4 Å². The van der Waals surface area contributed by atoms with Crippen molar-refractivity contribution < 1.29 is 9.13 Å². The summed E-state index contributed by atoms with van der Waals surface area (Å²) in [6.45, 7) is 2.92. The number of nitrogens with zero attached hydrogens (tertiary/aromatic N) is 5. The van der Waals surface area contributed by atoms with Crippen LogP contribution in [0.15, 0.2) is 61.1 Å². The van der Waals surface area contributed by atoms with Crippen molar-refractivity contribution in [1.82, 2.24) is 19.4 Å². The highest BCUT2D eigenvalue weighted by atomic mass is 19.1. The first kappa shape index (κ1) is 19.6. The number of hydrogen-bond acceptors (Lipinski definition) is 5. The van der Waals surface area contributed by atoms with E-state index in [0.29, 0.717) is 35.9 Å². The fourth-order valence-electron chi connectivity index (χ4n) is 4.03. The molecule has 7 heteroatoms. The van der Waals surface area contributed by atoms with Gasteiger partial charge in [0.15, 0.2) is 0 Å². The lowest BCUT2D eigenvalue weighted by molar-refractivity contribution is 0.122. The Kier molecular flexibility index (Phi) is 5.58. The molecule has 6 rings (SSSR count). The number of benzene rings is 1. The van der Waals surface area contributed by atoms with Gasteiger partial charge in [0.05, 0.1) is 18.9 Å². The maximum absolute atomic E-state index is 14.6. The van der Waals surface area contributed by atoms with Gasteiger partial charge in [0.2, 0.25) is 5.95 Å². The van der Waals surface area contributed by atoms with Crippen molar-refractivity contribution in [2.75, 3.05) is 31.2 Å². The summed E-state index contributed by atoms with van der Waals surface area (Å²) in [5.41, 5.74) is 4.15. The summed E-state index contributed by atoms with van der Waals surface area (Å²) < 4.78 is 21.9. The second-order valence-corrected chi connectivity index (χ2v) is 7.65. The van der Waals surface area contributed by atoms with Crippen molar-refractivity contribution in [3.63, 3.8) is 0 Å². The van der Waals surface area contributed by atoms with Crippen LogP contribution in [0.1, 0.15) is 17.8 Å². The molecule has 3 aromatic heterocycles. The number of halogens is 1. The molecule has 6 nitrogen and oxygen atoms in total. The monoisotopic (exact) mass is 417 g/mol. The van der Waals surface area contributed by atoms with E-state index in [1.807, 2.05) is 47.0 Å². The van der Waals surface area contributed by atoms with Crippen molar-refractivity contribution in [3.05, 3.63) is 78.3 Å². The van der Waals surface area contributed by atoms with Gasteiger partial charge >= 0.3 is 0 Å². The molecule has 0 bridgehead atoms. The molecule has 2 aliphatic rings. The third kappa shape index (κ3) is 4.14. The molecule has 0 saturated carbocycles. The smallest absolute Gasteiger partial charge is 0.225 e. The minimum absolute atomic E-state index is 0.293. The van der Waals surface area contributed by atoms with Gasteiger partial charge in [-0.2, -0.15) is 0 Å². The Bertz CT molecular complexity index is 1130. The van der Waals surface area contributed by atoms with Crippen molar-refractivity contribution in [2.24, 2.45) is 0 Å². The summed E-state index contributed by atoms with van der Waals surface area (Å²) >= 11 is 0. The average molecular weight is 417 g/mol. The Hall–Kier alpha value is -3.32. The van der Waals surface area contributed by atoms with Gasteiger partial charge in [-0.25, -0.2) is 19.3 Å². The number of aromatic nitrogens is 4. The van der Waals surface area contributed by atoms with Crippen LogP contribution in [0.2, 0.25) is 0 Å². The Morgan fingerprint density at radius 3 is 2.26 bits per heavy atom. The lowest BCUT2D eigenvalue weighted by Gasteiger charge is -2.26. The second-order valence-electron chi connectivity index (χ2n) is 7.65. The lowest BCUT2D eigenvalue weighted by atomic mass is 10.1. The molecule has 4 aromatic rings. The maximum atomic E-state index is 14.6. The van der Waals surface area contributed by atoms with E-state index in [0.717, 1.165) is 38.0 Å². The molecule has 0 spiro atoms. The molecule has 1 aromatic carbocycles. The van der Waals surface area contributed by atoms with Crippen molar-refractivity contribution in [2.45, 2.75) is 19.3 Å². The fourth-order valence-corrected chi connectivity index (χ4v) is 4.03. The highest BCUT2D eigenvalue weighted by Gasteiger charge is 2.20. The van der Waals surface area contributed by atoms with E-state index in [9.17, 15) is 4.39 Å². The summed E-state index contributed by atoms with van der Waals surface area (Å²) in [7, 11) is 0. The number of fused-ring (bicyclic) bond motifs is 3. The number of morpholine rings is 1. The van der Waals surface area contributed by atoms with Crippen LogP contribution in [0.4, 0.5) is 10.3 Å². The van der Waals surface area contributed by atoms with Gasteiger partial charge in [-0.3, -0.25) is 0 Å². The van der Waals surface area contributed by atoms with Gasteiger partial charge in [0.25, 0.3) is 0 Å². The van der Waals surface area contributed by atoms with Crippen LogP contribution in [0.25, 0.3) is 16.8 Å². The summed E-state index contributed by atoms with van der Waals surface area (Å²) in [5.74, 6) is 0.371. The lowest BCUT2D eigenvalue weighted by Crippen LogP contribution is -2.37. The van der Waals surface area contributed by atoms with Crippen LogP contribution in [0.3, 0.4) is 0 Å². The molecule has 0 radical (unpaired) electrons. The molecule has 0 atom stereocenters. The first-order chi connectivity index (χ1) is 15.3. The molecule has 158 valence electrons. The normalized spacial score (nSPS) is 15.5. The Morgan fingerprint density at radius 2 is 1.58 bits per heavy atom. The maximum Gasteiger partial charge on any atom is 0.225 e. The predicted molar refractivity (Wildman–Crippen MR) is 118 cm³/mol. The van der Waals surface area contributed by atoms with E-state index in [-0.39, 0.29) is 5.82 Å². The number of pyridine rings is 1. The van der Waals surface area contributed by atoms with Crippen LogP contribution in [-0.4, -0.2) is 45.7 Å². The largest absolute Gasteiger partial charge is 0.378 e. The van der Waals surface area contributed by atoms with Gasteiger partial charge in [-0.15, -0.1) is 0 Å². The molecule has 1 aliphatic carbocycles. The molecule has 4 heterocycles. The van der Waals surface area contributed by atoms with Crippen molar-refractivity contribution >= 4 is 11.6 Å². The van der Waals surface area contributed by atoms with E-state index < -0.39 is 0 Å². The minimum atomic E-state index is -0.293. The van der Waals surface area contributed by atoms with Crippen LogP contribution in [-0.2, 0) is 17.6 Å². The zero-order chi connectivity index (χ0) is 21.0. The number of imidazole rings is 1. The van der Waals surface area contributed by atoms with Crippen LogP contribution >= 0.6 is 0 Å². The third-order valence-corrected chi connectivity index (χ3v) is 5.63. The van der Waals surface area contributed by atoms with Gasteiger partial charge in [-0.05, 0) is 19.3 Å². The number of rotatable bonds is 2. The highest BCUT2D eigenvalue weighted by Crippen LogP contribution is 2.28. The summed E-state index contributed by atoms with van der Waals surface area (Å²) in [4.78, 5) is 15.5. The Labute approximate surface area is 180 Å². The van der Waals surface area contributed by atoms with Crippen molar-refractivity contribution in [3.8, 4) is 11.1 Å². The molecular formula is C24H24FN5O. The van der Waals surface area contributed by atoms with Gasteiger partial charge < -0.3 is 14.0 Å². The number of aryl methyl sites for hydroxylation is 2. The predicted octanol–water partition coefficient (Wildman–Crippen LogP) is 3.94. The molecule has 1 fully saturated rings. The molecule has 1 saturated heterocycles. The van der Waals surface area contributed by atoms with E-state index >= 15 is 0 Å².